The van der Waals surface area contributed by atoms with Gasteiger partial charge in [0.25, 0.3) is 0 Å². The highest BCUT2D eigenvalue weighted by Gasteiger charge is 2.05. The Kier molecular flexibility index (Phi) is 4.90. The molecule has 0 saturated carbocycles. The molecule has 106 valence electrons. The monoisotopic (exact) mass is 272 g/mol. The predicted octanol–water partition coefficient (Wildman–Crippen LogP) is 1.62. The number of ether oxygens (including phenoxy) is 1. The van der Waals surface area contributed by atoms with Gasteiger partial charge < -0.3 is 15.4 Å². The molecular weight excluding hydrogens is 252 g/mol. The fourth-order valence-electron chi connectivity index (χ4n) is 1.92. The van der Waals surface area contributed by atoms with Gasteiger partial charge >= 0.3 is 0 Å². The first kappa shape index (κ1) is 14.3. The Balaban J connectivity index is 2.01. The molecule has 0 aliphatic rings. The van der Waals surface area contributed by atoms with Crippen LogP contribution in [0.1, 0.15) is 11.1 Å². The fraction of sp³-hybridized carbons (Fsp3) is 0.333. The Morgan fingerprint density at radius 1 is 1.10 bits per heavy atom. The average Bonchev–Trinajstić information content (AvgIpc) is 2.49. The van der Waals surface area contributed by atoms with Crippen molar-refractivity contribution in [3.05, 3.63) is 47.8 Å². The molecule has 2 N–H and O–H groups in total. The second-order valence-corrected chi connectivity index (χ2v) is 4.63. The number of methoxy groups -OCH3 is 1. The van der Waals surface area contributed by atoms with Crippen LogP contribution >= 0.6 is 0 Å². The first-order chi connectivity index (χ1) is 9.72. The number of hydrogen-bond acceptors (Lipinski definition) is 5. The third kappa shape index (κ3) is 3.68. The molecule has 0 atom stereocenters. The Hall–Kier alpha value is -2.14. The summed E-state index contributed by atoms with van der Waals surface area (Å²) in [5.74, 6) is 1.57. The highest BCUT2D eigenvalue weighted by molar-refractivity contribution is 5.33. The summed E-state index contributed by atoms with van der Waals surface area (Å²) >= 11 is 0. The first-order valence-electron chi connectivity index (χ1n) is 6.58. The molecule has 5 heteroatoms. The number of rotatable bonds is 6. The van der Waals surface area contributed by atoms with Gasteiger partial charge in [-0.2, -0.15) is 0 Å². The molecule has 1 heterocycles. The number of nitrogens with zero attached hydrogens (tertiary/aromatic N) is 3. The third-order valence-electron chi connectivity index (χ3n) is 3.04. The topological polar surface area (TPSA) is 64.3 Å². The van der Waals surface area contributed by atoms with Crippen molar-refractivity contribution in [2.75, 3.05) is 25.6 Å². The molecule has 2 aromatic rings. The largest absolute Gasteiger partial charge is 0.497 e. The number of aromatic nitrogens is 2. The molecule has 0 fully saturated rings. The lowest BCUT2D eigenvalue weighted by molar-refractivity contribution is 0.414. The maximum absolute atomic E-state index is 5.51. The van der Waals surface area contributed by atoms with Crippen molar-refractivity contribution in [2.45, 2.75) is 13.0 Å². The van der Waals surface area contributed by atoms with Gasteiger partial charge in [0.1, 0.15) is 5.75 Å². The zero-order valence-electron chi connectivity index (χ0n) is 11.9. The summed E-state index contributed by atoms with van der Waals surface area (Å²) in [5.41, 5.74) is 7.76. The minimum atomic E-state index is 0.615. The van der Waals surface area contributed by atoms with Crippen LogP contribution in [0.4, 0.5) is 5.95 Å². The Labute approximate surface area is 119 Å². The lowest BCUT2D eigenvalue weighted by Gasteiger charge is -2.17. The van der Waals surface area contributed by atoms with Crippen molar-refractivity contribution in [1.29, 1.82) is 0 Å². The summed E-state index contributed by atoms with van der Waals surface area (Å²) in [7, 11) is 3.64. The molecule has 1 aromatic carbocycles. The van der Waals surface area contributed by atoms with Gasteiger partial charge in [0.05, 0.1) is 7.11 Å². The van der Waals surface area contributed by atoms with E-state index in [2.05, 4.69) is 9.97 Å². The van der Waals surface area contributed by atoms with Gasteiger partial charge in [0.2, 0.25) is 5.95 Å². The third-order valence-corrected chi connectivity index (χ3v) is 3.04. The van der Waals surface area contributed by atoms with E-state index in [0.717, 1.165) is 24.3 Å². The maximum atomic E-state index is 5.51. The van der Waals surface area contributed by atoms with Crippen LogP contribution in [0.3, 0.4) is 0 Å². The summed E-state index contributed by atoms with van der Waals surface area (Å²) in [6.45, 7) is 1.37. The van der Waals surface area contributed by atoms with Gasteiger partial charge in [-0.25, -0.2) is 9.97 Å². The van der Waals surface area contributed by atoms with Crippen molar-refractivity contribution < 1.29 is 4.74 Å². The Bertz CT molecular complexity index is 525. The molecule has 5 nitrogen and oxygen atoms in total. The van der Waals surface area contributed by atoms with Gasteiger partial charge in [0.15, 0.2) is 0 Å². The van der Waals surface area contributed by atoms with Crippen LogP contribution in [0.15, 0.2) is 36.7 Å². The van der Waals surface area contributed by atoms with Crippen molar-refractivity contribution in [3.63, 3.8) is 0 Å². The van der Waals surface area contributed by atoms with Gasteiger partial charge in [-0.05, 0) is 36.2 Å². The van der Waals surface area contributed by atoms with E-state index in [1.807, 2.05) is 48.6 Å². The molecule has 0 radical (unpaired) electrons. The lowest BCUT2D eigenvalue weighted by Crippen LogP contribution is -2.19. The van der Waals surface area contributed by atoms with Crippen molar-refractivity contribution in [2.24, 2.45) is 5.73 Å². The summed E-state index contributed by atoms with van der Waals surface area (Å²) in [6, 6.07) is 7.99. The molecule has 0 spiro atoms. The minimum Gasteiger partial charge on any atom is -0.497 e. The molecule has 0 aliphatic heterocycles. The quantitative estimate of drug-likeness (QED) is 0.865. The molecule has 0 unspecified atom stereocenters. The smallest absolute Gasteiger partial charge is 0.225 e. The average molecular weight is 272 g/mol. The molecule has 0 saturated heterocycles. The SMILES string of the molecule is COc1ccc(CN(C)c2ncc(CCN)cn2)cc1. The maximum Gasteiger partial charge on any atom is 0.225 e. The number of benzene rings is 1. The van der Waals surface area contributed by atoms with Crippen LogP contribution in [0.5, 0.6) is 5.75 Å². The van der Waals surface area contributed by atoms with Crippen LogP contribution in [0, 0.1) is 0 Å². The Morgan fingerprint density at radius 3 is 2.30 bits per heavy atom. The number of hydrogen-bond donors (Lipinski definition) is 1. The van der Waals surface area contributed by atoms with E-state index in [-0.39, 0.29) is 0 Å². The van der Waals surface area contributed by atoms with E-state index in [1.54, 1.807) is 7.11 Å². The second kappa shape index (κ2) is 6.86. The fourth-order valence-corrected chi connectivity index (χ4v) is 1.92. The highest BCUT2D eigenvalue weighted by atomic mass is 16.5. The van der Waals surface area contributed by atoms with Crippen LogP contribution in [-0.4, -0.2) is 30.7 Å². The van der Waals surface area contributed by atoms with Crippen molar-refractivity contribution in [1.82, 2.24) is 9.97 Å². The van der Waals surface area contributed by atoms with E-state index in [9.17, 15) is 0 Å². The molecule has 0 bridgehead atoms. The van der Waals surface area contributed by atoms with Gasteiger partial charge in [-0.3, -0.25) is 0 Å². The number of anilines is 1. The van der Waals surface area contributed by atoms with E-state index < -0.39 is 0 Å². The standard InChI is InChI=1S/C15H20N4O/c1-19(11-12-3-5-14(20-2)6-4-12)15-17-9-13(7-8-16)10-18-15/h3-6,9-10H,7-8,11,16H2,1-2H3. The summed E-state index contributed by atoms with van der Waals surface area (Å²) in [5, 5.41) is 0. The van der Waals surface area contributed by atoms with E-state index in [0.29, 0.717) is 12.5 Å². The molecular formula is C15H20N4O. The Morgan fingerprint density at radius 2 is 1.75 bits per heavy atom. The highest BCUT2D eigenvalue weighted by Crippen LogP contribution is 2.14. The van der Waals surface area contributed by atoms with Crippen LogP contribution in [0.2, 0.25) is 0 Å². The van der Waals surface area contributed by atoms with E-state index in [1.165, 1.54) is 5.56 Å². The summed E-state index contributed by atoms with van der Waals surface area (Å²) < 4.78 is 5.15. The minimum absolute atomic E-state index is 0.615. The normalized spacial score (nSPS) is 10.3. The first-order valence-corrected chi connectivity index (χ1v) is 6.58. The molecule has 0 aliphatic carbocycles. The van der Waals surface area contributed by atoms with Crippen molar-refractivity contribution >= 4 is 5.95 Å². The lowest BCUT2D eigenvalue weighted by atomic mass is 10.2. The molecule has 1 aromatic heterocycles. The van der Waals surface area contributed by atoms with E-state index in [4.69, 9.17) is 10.5 Å². The van der Waals surface area contributed by atoms with Gasteiger partial charge in [0, 0.05) is 26.0 Å². The summed E-state index contributed by atoms with van der Waals surface area (Å²) in [4.78, 5) is 10.7. The zero-order valence-corrected chi connectivity index (χ0v) is 11.9. The van der Waals surface area contributed by atoms with Gasteiger partial charge in [-0.15, -0.1) is 0 Å². The molecule has 20 heavy (non-hydrogen) atoms. The van der Waals surface area contributed by atoms with Crippen LogP contribution in [-0.2, 0) is 13.0 Å². The zero-order chi connectivity index (χ0) is 14.4. The van der Waals surface area contributed by atoms with Gasteiger partial charge in [-0.1, -0.05) is 12.1 Å². The predicted molar refractivity (Wildman–Crippen MR) is 79.9 cm³/mol. The molecule has 0 amide bonds. The van der Waals surface area contributed by atoms with Crippen molar-refractivity contribution in [3.8, 4) is 5.75 Å². The second-order valence-electron chi connectivity index (χ2n) is 4.63. The number of nitrogens with two attached hydrogens (primary N) is 1. The molecule has 2 rings (SSSR count). The summed E-state index contributed by atoms with van der Waals surface area (Å²) in [6.07, 6.45) is 4.47. The van der Waals surface area contributed by atoms with E-state index >= 15 is 0 Å². The van der Waals surface area contributed by atoms with Crippen LogP contribution < -0.4 is 15.4 Å². The van der Waals surface area contributed by atoms with Crippen LogP contribution in [0.25, 0.3) is 0 Å².